The quantitative estimate of drug-likeness (QED) is 0.265. The van der Waals surface area contributed by atoms with E-state index in [9.17, 15) is 5.11 Å². The number of anilines is 1. The first-order valence-corrected chi connectivity index (χ1v) is 12.2. The molecule has 1 aliphatic heterocycles. The van der Waals surface area contributed by atoms with Gasteiger partial charge in [0.2, 0.25) is 11.0 Å². The number of thioether (sulfide) groups is 1. The van der Waals surface area contributed by atoms with Crippen LogP contribution in [0, 0.1) is 0 Å². The molecule has 30 heavy (non-hydrogen) atoms. The molecule has 9 heteroatoms. The zero-order valence-corrected chi connectivity index (χ0v) is 20.2. The van der Waals surface area contributed by atoms with Crippen molar-refractivity contribution >= 4 is 49.3 Å². The fourth-order valence-corrected chi connectivity index (χ4v) is 5.11. The molecular formula is C21H20Br2N4O2S. The number of aromatic hydroxyl groups is 1. The molecule has 0 spiro atoms. The van der Waals surface area contributed by atoms with Crippen molar-refractivity contribution < 1.29 is 9.84 Å². The molecule has 0 aliphatic carbocycles. The number of halogens is 2. The van der Waals surface area contributed by atoms with E-state index in [0.29, 0.717) is 25.7 Å². The smallest absolute Gasteiger partial charge is 0.247 e. The molecule has 0 amide bonds. The van der Waals surface area contributed by atoms with Gasteiger partial charge in [-0.05, 0) is 56.5 Å². The molecule has 4 rings (SSSR count). The number of phenols is 1. The fraction of sp³-hybridized carbons (Fsp3) is 0.286. The third kappa shape index (κ3) is 4.58. The number of aromatic nitrogens is 3. The van der Waals surface area contributed by atoms with Gasteiger partial charge in [0.1, 0.15) is 5.75 Å². The van der Waals surface area contributed by atoms with Crippen molar-refractivity contribution in [3.05, 3.63) is 50.9 Å². The van der Waals surface area contributed by atoms with E-state index in [1.807, 2.05) is 36.4 Å². The highest BCUT2D eigenvalue weighted by molar-refractivity contribution is 9.11. The number of benzene rings is 2. The molecule has 1 aliphatic rings. The summed E-state index contributed by atoms with van der Waals surface area (Å²) in [5.74, 6) is 1.53. The minimum atomic E-state index is -0.518. The van der Waals surface area contributed by atoms with E-state index in [4.69, 9.17) is 4.74 Å². The van der Waals surface area contributed by atoms with E-state index in [1.54, 1.807) is 11.8 Å². The molecule has 1 aromatic heterocycles. The summed E-state index contributed by atoms with van der Waals surface area (Å²) in [6.07, 6.45) is 2.96. The summed E-state index contributed by atoms with van der Waals surface area (Å²) in [5, 5.41) is 22.8. The Morgan fingerprint density at radius 3 is 2.67 bits per heavy atom. The third-order valence-corrected chi connectivity index (χ3v) is 6.79. The molecular weight excluding hydrogens is 532 g/mol. The van der Waals surface area contributed by atoms with Gasteiger partial charge >= 0.3 is 0 Å². The first-order chi connectivity index (χ1) is 14.6. The van der Waals surface area contributed by atoms with Gasteiger partial charge in [0.05, 0.1) is 8.95 Å². The Morgan fingerprint density at radius 2 is 1.90 bits per heavy atom. The number of phenolic OH excluding ortho intramolecular Hbond substituents is 1. The first-order valence-electron chi connectivity index (χ1n) is 9.65. The standard InChI is InChI=1S/C21H20Br2N4O2S/c1-2-3-6-9-30-21-25-20-17(26-27-21)13-7-4-5-8-16(13)24-19(29-20)12-10-14(22)18(28)15(23)11-12/h4-5,7-8,10-11,19,24,28H,2-3,6,9H2,1H3/t19-/m1/s1. The molecule has 0 radical (unpaired) electrons. The van der Waals surface area contributed by atoms with Gasteiger partial charge in [-0.25, -0.2) is 0 Å². The summed E-state index contributed by atoms with van der Waals surface area (Å²) in [6.45, 7) is 2.18. The Balaban J connectivity index is 1.71. The number of hydrogen-bond acceptors (Lipinski definition) is 7. The predicted octanol–water partition coefficient (Wildman–Crippen LogP) is 6.55. The van der Waals surface area contributed by atoms with Gasteiger partial charge in [-0.15, -0.1) is 10.2 Å². The zero-order chi connectivity index (χ0) is 21.1. The predicted molar refractivity (Wildman–Crippen MR) is 126 cm³/mol. The number of ether oxygens (including phenoxy) is 1. The van der Waals surface area contributed by atoms with Crippen LogP contribution >= 0.6 is 43.6 Å². The Hall–Kier alpha value is -1.84. The molecule has 0 bridgehead atoms. The van der Waals surface area contributed by atoms with Crippen molar-refractivity contribution in [2.75, 3.05) is 11.1 Å². The van der Waals surface area contributed by atoms with E-state index in [2.05, 4.69) is 59.3 Å². The van der Waals surface area contributed by atoms with Crippen molar-refractivity contribution in [2.24, 2.45) is 0 Å². The second-order valence-corrected chi connectivity index (χ2v) is 9.60. The van der Waals surface area contributed by atoms with Crippen LogP contribution in [0.5, 0.6) is 11.6 Å². The number of hydrogen-bond donors (Lipinski definition) is 2. The van der Waals surface area contributed by atoms with Gasteiger partial charge < -0.3 is 15.2 Å². The van der Waals surface area contributed by atoms with Crippen molar-refractivity contribution in [1.82, 2.24) is 15.2 Å². The van der Waals surface area contributed by atoms with Gasteiger partial charge in [0.15, 0.2) is 11.9 Å². The maximum absolute atomic E-state index is 10.1. The van der Waals surface area contributed by atoms with Crippen molar-refractivity contribution in [2.45, 2.75) is 37.6 Å². The van der Waals surface area contributed by atoms with E-state index in [-0.39, 0.29) is 5.75 Å². The number of para-hydroxylation sites is 1. The lowest BCUT2D eigenvalue weighted by molar-refractivity contribution is 0.225. The van der Waals surface area contributed by atoms with E-state index < -0.39 is 6.23 Å². The van der Waals surface area contributed by atoms with Crippen LogP contribution in [0.15, 0.2) is 50.5 Å². The van der Waals surface area contributed by atoms with E-state index in [1.165, 1.54) is 12.8 Å². The molecule has 0 unspecified atom stereocenters. The molecule has 0 fully saturated rings. The topological polar surface area (TPSA) is 80.2 Å². The average molecular weight is 552 g/mol. The molecule has 6 nitrogen and oxygen atoms in total. The second-order valence-electron chi connectivity index (χ2n) is 6.82. The van der Waals surface area contributed by atoms with Crippen molar-refractivity contribution in [1.29, 1.82) is 0 Å². The van der Waals surface area contributed by atoms with Gasteiger partial charge in [0, 0.05) is 22.6 Å². The van der Waals surface area contributed by atoms with Crippen LogP contribution in [0.25, 0.3) is 11.3 Å². The summed E-state index contributed by atoms with van der Waals surface area (Å²) < 4.78 is 7.43. The first kappa shape index (κ1) is 21.4. The summed E-state index contributed by atoms with van der Waals surface area (Å²) >= 11 is 8.38. The SMILES string of the molecule is CCCCCSc1nnc2c(n1)O[C@H](c1cc(Br)c(O)c(Br)c1)Nc1ccccc1-2. The summed E-state index contributed by atoms with van der Waals surface area (Å²) in [6, 6.07) is 11.5. The molecule has 1 atom stereocenters. The lowest BCUT2D eigenvalue weighted by Gasteiger charge is -2.20. The van der Waals surface area contributed by atoms with Crippen LogP contribution in [0.1, 0.15) is 38.0 Å². The Labute approximate surface area is 196 Å². The van der Waals surface area contributed by atoms with Crippen LogP contribution in [-0.4, -0.2) is 26.0 Å². The second kappa shape index (κ2) is 9.53. The van der Waals surface area contributed by atoms with E-state index in [0.717, 1.165) is 29.0 Å². The van der Waals surface area contributed by atoms with Gasteiger partial charge in [-0.3, -0.25) is 0 Å². The van der Waals surface area contributed by atoms with Crippen LogP contribution in [0.4, 0.5) is 5.69 Å². The van der Waals surface area contributed by atoms with Crippen LogP contribution in [0.2, 0.25) is 0 Å². The molecule has 156 valence electrons. The number of fused-ring (bicyclic) bond motifs is 3. The number of rotatable bonds is 6. The summed E-state index contributed by atoms with van der Waals surface area (Å²) in [4.78, 5) is 4.66. The molecule has 3 aromatic rings. The number of nitrogens with zero attached hydrogens (tertiary/aromatic N) is 3. The number of unbranched alkanes of at least 4 members (excludes halogenated alkanes) is 2. The van der Waals surface area contributed by atoms with Gasteiger partial charge in [-0.1, -0.05) is 49.7 Å². The summed E-state index contributed by atoms with van der Waals surface area (Å²) in [5.41, 5.74) is 3.19. The number of nitrogens with one attached hydrogen (secondary N) is 1. The van der Waals surface area contributed by atoms with Gasteiger partial charge in [-0.2, -0.15) is 4.98 Å². The van der Waals surface area contributed by atoms with Crippen molar-refractivity contribution in [3.63, 3.8) is 0 Å². The van der Waals surface area contributed by atoms with Crippen LogP contribution in [-0.2, 0) is 0 Å². The molecule has 0 saturated carbocycles. The largest absolute Gasteiger partial charge is 0.506 e. The highest BCUT2D eigenvalue weighted by Gasteiger charge is 2.27. The van der Waals surface area contributed by atoms with Crippen molar-refractivity contribution in [3.8, 4) is 22.9 Å². The monoisotopic (exact) mass is 550 g/mol. The van der Waals surface area contributed by atoms with E-state index >= 15 is 0 Å². The molecule has 2 heterocycles. The zero-order valence-electron chi connectivity index (χ0n) is 16.2. The maximum atomic E-state index is 10.1. The Kier molecular flexibility index (Phi) is 6.80. The van der Waals surface area contributed by atoms with Crippen LogP contribution < -0.4 is 10.1 Å². The molecule has 2 N–H and O–H groups in total. The lowest BCUT2D eigenvalue weighted by Crippen LogP contribution is -2.17. The lowest BCUT2D eigenvalue weighted by atomic mass is 10.1. The molecule has 2 aromatic carbocycles. The summed E-state index contributed by atoms with van der Waals surface area (Å²) in [7, 11) is 0. The fourth-order valence-electron chi connectivity index (χ4n) is 3.11. The van der Waals surface area contributed by atoms with Gasteiger partial charge in [0.25, 0.3) is 0 Å². The Morgan fingerprint density at radius 1 is 1.13 bits per heavy atom. The molecule has 0 saturated heterocycles. The highest BCUT2D eigenvalue weighted by atomic mass is 79.9. The maximum Gasteiger partial charge on any atom is 0.247 e. The van der Waals surface area contributed by atoms with Crippen LogP contribution in [0.3, 0.4) is 0 Å². The minimum absolute atomic E-state index is 0.142. The minimum Gasteiger partial charge on any atom is -0.506 e. The normalized spacial score (nSPS) is 14.8. The third-order valence-electron chi connectivity index (χ3n) is 4.65. The Bertz CT molecular complexity index is 1040. The average Bonchev–Trinajstić information content (AvgIpc) is 2.91. The highest BCUT2D eigenvalue weighted by Crippen LogP contribution is 2.41.